The van der Waals surface area contributed by atoms with E-state index >= 15 is 0 Å². The Morgan fingerprint density at radius 3 is 2.56 bits per heavy atom. The van der Waals surface area contributed by atoms with Crippen molar-refractivity contribution in [1.82, 2.24) is 0 Å². The average Bonchev–Trinajstić information content (AvgIpc) is 2.28. The van der Waals surface area contributed by atoms with Gasteiger partial charge in [0.1, 0.15) is 5.82 Å². The van der Waals surface area contributed by atoms with Crippen molar-refractivity contribution in [3.63, 3.8) is 0 Å². The summed E-state index contributed by atoms with van der Waals surface area (Å²) in [6.45, 7) is 12.8. The molecule has 0 aliphatic heterocycles. The zero-order valence-electron chi connectivity index (χ0n) is 11.6. The Morgan fingerprint density at radius 2 is 2.11 bits per heavy atom. The van der Waals surface area contributed by atoms with Crippen molar-refractivity contribution in [3.8, 4) is 0 Å². The highest BCUT2D eigenvalue weighted by Crippen LogP contribution is 2.29. The molecule has 2 nitrogen and oxygen atoms in total. The van der Waals surface area contributed by atoms with Crippen LogP contribution in [0.2, 0.25) is 0 Å². The van der Waals surface area contributed by atoms with E-state index in [-0.39, 0.29) is 5.82 Å². The third kappa shape index (κ3) is 3.33. The minimum Gasteiger partial charge on any atom is -0.389 e. The lowest BCUT2D eigenvalue weighted by Gasteiger charge is -2.27. The second-order valence-corrected chi connectivity index (χ2v) is 4.81. The molecule has 0 saturated carbocycles. The smallest absolute Gasteiger partial charge is 0.126 e. The monoisotopic (exact) mass is 251 g/mol. The molecule has 1 aromatic carbocycles. The fourth-order valence-electron chi connectivity index (χ4n) is 1.98. The molecular formula is C15H22FNO. The van der Waals surface area contributed by atoms with Crippen LogP contribution in [0.3, 0.4) is 0 Å². The molecule has 0 fully saturated rings. The lowest BCUT2D eigenvalue weighted by molar-refractivity contribution is 0.199. The van der Waals surface area contributed by atoms with E-state index in [1.807, 2.05) is 13.8 Å². The third-order valence-electron chi connectivity index (χ3n) is 2.94. The van der Waals surface area contributed by atoms with Gasteiger partial charge >= 0.3 is 0 Å². The Morgan fingerprint density at radius 1 is 1.50 bits per heavy atom. The molecule has 0 aliphatic carbocycles. The third-order valence-corrected chi connectivity index (χ3v) is 2.94. The predicted molar refractivity (Wildman–Crippen MR) is 74.5 cm³/mol. The van der Waals surface area contributed by atoms with Crippen LogP contribution in [0.1, 0.15) is 38.0 Å². The SMILES string of the molecule is C=C(C)CN(CC)c1cc(C)c(F)cc1[C@H](C)O. The number of halogens is 1. The van der Waals surface area contributed by atoms with Gasteiger partial charge in [-0.1, -0.05) is 12.2 Å². The van der Waals surface area contributed by atoms with Gasteiger partial charge in [-0.05, 0) is 45.4 Å². The number of hydrogen-bond acceptors (Lipinski definition) is 2. The first kappa shape index (κ1) is 14.7. The van der Waals surface area contributed by atoms with E-state index < -0.39 is 6.10 Å². The van der Waals surface area contributed by atoms with E-state index in [0.717, 1.165) is 17.8 Å². The van der Waals surface area contributed by atoms with E-state index in [1.54, 1.807) is 19.9 Å². The highest BCUT2D eigenvalue weighted by Gasteiger charge is 2.16. The van der Waals surface area contributed by atoms with E-state index in [4.69, 9.17) is 0 Å². The predicted octanol–water partition coefficient (Wildman–Crippen LogP) is 3.59. The zero-order valence-corrected chi connectivity index (χ0v) is 11.6. The van der Waals surface area contributed by atoms with Gasteiger partial charge in [0.2, 0.25) is 0 Å². The number of aliphatic hydroxyl groups excluding tert-OH is 1. The second kappa shape index (κ2) is 6.01. The maximum atomic E-state index is 13.6. The van der Waals surface area contributed by atoms with Gasteiger partial charge in [-0.2, -0.15) is 0 Å². The summed E-state index contributed by atoms with van der Waals surface area (Å²) in [4.78, 5) is 2.09. The summed E-state index contributed by atoms with van der Waals surface area (Å²) in [6, 6.07) is 3.22. The molecule has 0 aliphatic rings. The summed E-state index contributed by atoms with van der Waals surface area (Å²) >= 11 is 0. The molecule has 0 unspecified atom stereocenters. The minimum absolute atomic E-state index is 0.277. The summed E-state index contributed by atoms with van der Waals surface area (Å²) in [5, 5.41) is 9.78. The Balaban J connectivity index is 3.26. The Labute approximate surface area is 109 Å². The molecule has 0 spiro atoms. The van der Waals surface area contributed by atoms with Crippen molar-refractivity contribution in [2.24, 2.45) is 0 Å². The van der Waals surface area contributed by atoms with Crippen LogP contribution in [0, 0.1) is 12.7 Å². The highest BCUT2D eigenvalue weighted by atomic mass is 19.1. The zero-order chi connectivity index (χ0) is 13.9. The minimum atomic E-state index is -0.686. The van der Waals surface area contributed by atoms with Crippen molar-refractivity contribution in [3.05, 3.63) is 41.2 Å². The number of aryl methyl sites for hydroxylation is 1. The van der Waals surface area contributed by atoms with E-state index in [2.05, 4.69) is 11.5 Å². The van der Waals surface area contributed by atoms with Crippen molar-refractivity contribution < 1.29 is 9.50 Å². The summed E-state index contributed by atoms with van der Waals surface area (Å²) < 4.78 is 13.6. The summed E-state index contributed by atoms with van der Waals surface area (Å²) in [5.41, 5.74) is 3.14. The Hall–Kier alpha value is -1.35. The number of rotatable bonds is 5. The van der Waals surface area contributed by atoms with Crippen molar-refractivity contribution in [1.29, 1.82) is 0 Å². The topological polar surface area (TPSA) is 23.5 Å². The van der Waals surface area contributed by atoms with Crippen LogP contribution >= 0.6 is 0 Å². The Bertz CT molecular complexity index is 440. The number of nitrogens with zero attached hydrogens (tertiary/aromatic N) is 1. The van der Waals surface area contributed by atoms with E-state index in [1.165, 1.54) is 6.07 Å². The molecular weight excluding hydrogens is 229 g/mol. The molecule has 0 bridgehead atoms. The van der Waals surface area contributed by atoms with Gasteiger partial charge in [0.25, 0.3) is 0 Å². The van der Waals surface area contributed by atoms with Gasteiger partial charge in [0.15, 0.2) is 0 Å². The van der Waals surface area contributed by atoms with Crippen LogP contribution in [0.25, 0.3) is 0 Å². The van der Waals surface area contributed by atoms with E-state index in [0.29, 0.717) is 17.7 Å². The lowest BCUT2D eigenvalue weighted by Crippen LogP contribution is -2.26. The molecule has 18 heavy (non-hydrogen) atoms. The summed E-state index contributed by atoms with van der Waals surface area (Å²) in [7, 11) is 0. The molecule has 0 aromatic heterocycles. The van der Waals surface area contributed by atoms with Crippen LogP contribution in [0.5, 0.6) is 0 Å². The molecule has 0 saturated heterocycles. The molecule has 1 aromatic rings. The Kier molecular flexibility index (Phi) is 4.91. The summed E-state index contributed by atoms with van der Waals surface area (Å²) in [5.74, 6) is -0.277. The van der Waals surface area contributed by atoms with Gasteiger partial charge in [-0.25, -0.2) is 4.39 Å². The largest absolute Gasteiger partial charge is 0.389 e. The van der Waals surface area contributed by atoms with E-state index in [9.17, 15) is 9.50 Å². The first-order valence-electron chi connectivity index (χ1n) is 6.24. The highest BCUT2D eigenvalue weighted by molar-refractivity contribution is 5.57. The van der Waals surface area contributed by atoms with Crippen LogP contribution in [0.4, 0.5) is 10.1 Å². The molecule has 0 radical (unpaired) electrons. The first-order chi connectivity index (χ1) is 8.36. The van der Waals surface area contributed by atoms with Crippen molar-refractivity contribution >= 4 is 5.69 Å². The fourth-order valence-corrected chi connectivity index (χ4v) is 1.98. The molecule has 3 heteroatoms. The number of likely N-dealkylation sites (N-methyl/N-ethyl adjacent to an activating group) is 1. The molecule has 0 amide bonds. The molecule has 1 rings (SSSR count). The standard InChI is InChI=1S/C15H22FNO/c1-6-17(9-10(2)3)15-7-11(4)14(16)8-13(15)12(5)18/h7-8,12,18H,2,6,9H2,1,3-5H3/t12-/m0/s1. The molecule has 0 heterocycles. The van der Waals surface area contributed by atoms with Crippen LogP contribution in [-0.4, -0.2) is 18.2 Å². The summed E-state index contributed by atoms with van der Waals surface area (Å²) in [6.07, 6.45) is -0.686. The normalized spacial score (nSPS) is 12.3. The second-order valence-electron chi connectivity index (χ2n) is 4.81. The van der Waals surface area contributed by atoms with Gasteiger partial charge < -0.3 is 10.0 Å². The number of anilines is 1. The van der Waals surface area contributed by atoms with Crippen LogP contribution in [-0.2, 0) is 0 Å². The van der Waals surface area contributed by atoms with Crippen molar-refractivity contribution in [2.75, 3.05) is 18.0 Å². The van der Waals surface area contributed by atoms with Crippen LogP contribution in [0.15, 0.2) is 24.3 Å². The lowest BCUT2D eigenvalue weighted by atomic mass is 10.0. The van der Waals surface area contributed by atoms with Crippen molar-refractivity contribution in [2.45, 2.75) is 33.8 Å². The molecule has 1 N–H and O–H groups in total. The van der Waals surface area contributed by atoms with Crippen LogP contribution < -0.4 is 4.90 Å². The first-order valence-corrected chi connectivity index (χ1v) is 6.24. The molecule has 100 valence electrons. The van der Waals surface area contributed by atoms with Gasteiger partial charge in [-0.3, -0.25) is 0 Å². The van der Waals surface area contributed by atoms with Gasteiger partial charge in [0, 0.05) is 24.3 Å². The quantitative estimate of drug-likeness (QED) is 0.808. The maximum absolute atomic E-state index is 13.6. The number of aliphatic hydroxyl groups is 1. The number of benzene rings is 1. The molecule has 1 atom stereocenters. The number of hydrogen-bond donors (Lipinski definition) is 1. The average molecular weight is 251 g/mol. The van der Waals surface area contributed by atoms with Gasteiger partial charge in [-0.15, -0.1) is 0 Å². The fraction of sp³-hybridized carbons (Fsp3) is 0.467. The maximum Gasteiger partial charge on any atom is 0.126 e. The van der Waals surface area contributed by atoms with Gasteiger partial charge in [0.05, 0.1) is 6.10 Å².